The molecule has 0 aromatic carbocycles. The van der Waals surface area contributed by atoms with Gasteiger partial charge in [0.25, 0.3) is 0 Å². The molecular formula is C8H5F11O2. The van der Waals surface area contributed by atoms with Crippen LogP contribution in [0, 0.1) is 0 Å². The predicted molar refractivity (Wildman–Crippen MR) is 41.3 cm³/mol. The van der Waals surface area contributed by atoms with Gasteiger partial charge in [-0.15, -0.1) is 0 Å². The SMILES string of the molecule is CC(F)(F)C(F)(F)C1(F)COC(C(F)(F)F)(C(F)(F)F)O1. The monoisotopic (exact) mass is 342 g/mol. The molecule has 21 heavy (non-hydrogen) atoms. The summed E-state index contributed by atoms with van der Waals surface area (Å²) < 4.78 is 145. The normalized spacial score (nSPS) is 28.0. The number of halogens is 11. The Kier molecular flexibility index (Phi) is 3.76. The van der Waals surface area contributed by atoms with Crippen LogP contribution in [0.1, 0.15) is 6.92 Å². The Morgan fingerprint density at radius 1 is 0.810 bits per heavy atom. The van der Waals surface area contributed by atoms with E-state index in [1.54, 1.807) is 0 Å². The van der Waals surface area contributed by atoms with Crippen LogP contribution in [0.15, 0.2) is 0 Å². The Labute approximate surface area is 108 Å². The molecule has 0 N–H and O–H groups in total. The van der Waals surface area contributed by atoms with E-state index in [2.05, 4.69) is 9.47 Å². The van der Waals surface area contributed by atoms with Crippen LogP contribution in [-0.2, 0) is 9.47 Å². The van der Waals surface area contributed by atoms with Crippen LogP contribution in [0.3, 0.4) is 0 Å². The van der Waals surface area contributed by atoms with Crippen molar-refractivity contribution < 1.29 is 57.8 Å². The van der Waals surface area contributed by atoms with Crippen molar-refractivity contribution >= 4 is 0 Å². The lowest BCUT2D eigenvalue weighted by atomic mass is 10.1. The van der Waals surface area contributed by atoms with Gasteiger partial charge >= 0.3 is 35.8 Å². The van der Waals surface area contributed by atoms with Crippen molar-refractivity contribution in [1.29, 1.82) is 0 Å². The molecule has 1 atom stereocenters. The zero-order chi connectivity index (χ0) is 17.1. The lowest BCUT2D eigenvalue weighted by Crippen LogP contribution is -2.62. The van der Waals surface area contributed by atoms with Crippen molar-refractivity contribution in [2.45, 2.75) is 42.8 Å². The lowest BCUT2D eigenvalue weighted by molar-refractivity contribution is -0.466. The fraction of sp³-hybridized carbons (Fsp3) is 1.00. The highest BCUT2D eigenvalue weighted by Gasteiger charge is 2.85. The van der Waals surface area contributed by atoms with Crippen LogP contribution in [0.25, 0.3) is 0 Å². The highest BCUT2D eigenvalue weighted by molar-refractivity contribution is 5.03. The molecule has 1 fully saturated rings. The van der Waals surface area contributed by atoms with E-state index in [4.69, 9.17) is 0 Å². The van der Waals surface area contributed by atoms with Gasteiger partial charge in [-0.2, -0.15) is 43.9 Å². The molecule has 1 aliphatic rings. The minimum Gasteiger partial charge on any atom is -0.329 e. The Morgan fingerprint density at radius 2 is 1.19 bits per heavy atom. The van der Waals surface area contributed by atoms with Gasteiger partial charge in [0.15, 0.2) is 0 Å². The molecule has 1 heterocycles. The minimum absolute atomic E-state index is 0.598. The maximum atomic E-state index is 13.6. The Hall–Kier alpha value is -0.850. The molecule has 0 saturated carbocycles. The van der Waals surface area contributed by atoms with Gasteiger partial charge in [-0.25, -0.2) is 4.39 Å². The van der Waals surface area contributed by atoms with E-state index in [0.717, 1.165) is 0 Å². The number of ether oxygens (including phenoxy) is 2. The molecule has 0 aromatic rings. The number of hydrogen-bond acceptors (Lipinski definition) is 2. The molecule has 0 radical (unpaired) electrons. The molecule has 0 amide bonds. The highest BCUT2D eigenvalue weighted by atomic mass is 19.4. The van der Waals surface area contributed by atoms with Crippen LogP contribution >= 0.6 is 0 Å². The first-order valence-corrected chi connectivity index (χ1v) is 4.83. The summed E-state index contributed by atoms with van der Waals surface area (Å²) in [5, 5.41) is 0. The Balaban J connectivity index is 3.34. The van der Waals surface area contributed by atoms with Crippen molar-refractivity contribution in [2.24, 2.45) is 0 Å². The molecule has 1 saturated heterocycles. The lowest BCUT2D eigenvalue weighted by Gasteiger charge is -2.35. The van der Waals surface area contributed by atoms with Gasteiger partial charge < -0.3 is 4.74 Å². The zero-order valence-corrected chi connectivity index (χ0v) is 9.68. The molecule has 0 aromatic heterocycles. The fourth-order valence-corrected chi connectivity index (χ4v) is 1.40. The van der Waals surface area contributed by atoms with Crippen molar-refractivity contribution in [3.63, 3.8) is 0 Å². The van der Waals surface area contributed by atoms with Crippen LogP contribution in [-0.4, -0.2) is 42.4 Å². The molecule has 126 valence electrons. The summed E-state index contributed by atoms with van der Waals surface area (Å²) in [6.45, 7) is -3.29. The molecular weight excluding hydrogens is 337 g/mol. The van der Waals surface area contributed by atoms with Crippen molar-refractivity contribution in [2.75, 3.05) is 6.61 Å². The van der Waals surface area contributed by atoms with Gasteiger partial charge in [-0.3, -0.25) is 4.74 Å². The summed E-state index contributed by atoms with van der Waals surface area (Å²) in [5.74, 6) is -22.4. The van der Waals surface area contributed by atoms with Crippen molar-refractivity contribution in [3.05, 3.63) is 0 Å². The maximum absolute atomic E-state index is 13.6. The third-order valence-electron chi connectivity index (χ3n) is 2.53. The maximum Gasteiger partial charge on any atom is 0.453 e. The molecule has 1 unspecified atom stereocenters. The van der Waals surface area contributed by atoms with Crippen LogP contribution in [0.4, 0.5) is 48.3 Å². The summed E-state index contributed by atoms with van der Waals surface area (Å²) in [7, 11) is 0. The van der Waals surface area contributed by atoms with Crippen molar-refractivity contribution in [3.8, 4) is 0 Å². The van der Waals surface area contributed by atoms with Gasteiger partial charge in [-0.1, -0.05) is 0 Å². The summed E-state index contributed by atoms with van der Waals surface area (Å²) in [5.41, 5.74) is 0. The van der Waals surface area contributed by atoms with Gasteiger partial charge in [0.05, 0.1) is 0 Å². The summed E-state index contributed by atoms with van der Waals surface area (Å²) >= 11 is 0. The van der Waals surface area contributed by atoms with E-state index in [0.29, 0.717) is 0 Å². The number of rotatable bonds is 2. The highest BCUT2D eigenvalue weighted by Crippen LogP contribution is 2.57. The predicted octanol–water partition coefficient (Wildman–Crippen LogP) is 3.81. The van der Waals surface area contributed by atoms with E-state index < -0.39 is 49.4 Å². The van der Waals surface area contributed by atoms with Gasteiger partial charge in [0.1, 0.15) is 6.61 Å². The zero-order valence-electron chi connectivity index (χ0n) is 9.68. The average molecular weight is 342 g/mol. The van der Waals surface area contributed by atoms with Crippen LogP contribution in [0.5, 0.6) is 0 Å². The largest absolute Gasteiger partial charge is 0.453 e. The summed E-state index contributed by atoms with van der Waals surface area (Å²) in [4.78, 5) is 0. The van der Waals surface area contributed by atoms with Crippen LogP contribution < -0.4 is 0 Å². The van der Waals surface area contributed by atoms with E-state index in [-0.39, 0.29) is 0 Å². The van der Waals surface area contributed by atoms with Crippen molar-refractivity contribution in [1.82, 2.24) is 0 Å². The quantitative estimate of drug-likeness (QED) is 0.711. The third kappa shape index (κ3) is 2.43. The van der Waals surface area contributed by atoms with Crippen LogP contribution in [0.2, 0.25) is 0 Å². The van der Waals surface area contributed by atoms with Gasteiger partial charge in [-0.05, 0) is 0 Å². The second-order valence-electron chi connectivity index (χ2n) is 4.19. The number of hydrogen-bond donors (Lipinski definition) is 0. The molecule has 2 nitrogen and oxygen atoms in total. The number of alkyl halides is 11. The smallest absolute Gasteiger partial charge is 0.329 e. The molecule has 0 aliphatic carbocycles. The summed E-state index contributed by atoms with van der Waals surface area (Å²) in [6.07, 6.45) is -13.1. The topological polar surface area (TPSA) is 18.5 Å². The Bertz CT molecular complexity index is 392. The molecule has 13 heteroatoms. The third-order valence-corrected chi connectivity index (χ3v) is 2.53. The second-order valence-corrected chi connectivity index (χ2v) is 4.19. The standard InChI is InChI=1S/C8H5F11O2/c1-3(9,10)5(12,13)4(11)2-20-6(21-4,7(14,15)16)8(17,18)19/h2H2,1H3. The van der Waals surface area contributed by atoms with E-state index >= 15 is 0 Å². The first-order valence-electron chi connectivity index (χ1n) is 4.83. The minimum atomic E-state index is -6.53. The summed E-state index contributed by atoms with van der Waals surface area (Å²) in [6, 6.07) is 0. The molecule has 1 aliphatic heterocycles. The molecule has 0 spiro atoms. The first-order chi connectivity index (χ1) is 8.91. The molecule has 1 rings (SSSR count). The Morgan fingerprint density at radius 3 is 1.43 bits per heavy atom. The van der Waals surface area contributed by atoms with Gasteiger partial charge in [0, 0.05) is 6.92 Å². The fourth-order valence-electron chi connectivity index (χ4n) is 1.40. The molecule has 0 bridgehead atoms. The first kappa shape index (κ1) is 18.2. The van der Waals surface area contributed by atoms with E-state index in [1.165, 1.54) is 0 Å². The van der Waals surface area contributed by atoms with Gasteiger partial charge in [0.2, 0.25) is 0 Å². The van der Waals surface area contributed by atoms with E-state index in [1.807, 2.05) is 0 Å². The average Bonchev–Trinajstić information content (AvgIpc) is 2.56. The second kappa shape index (κ2) is 4.33. The van der Waals surface area contributed by atoms with E-state index in [9.17, 15) is 48.3 Å².